The van der Waals surface area contributed by atoms with Gasteiger partial charge in [-0.05, 0) is 155 Å². The summed E-state index contributed by atoms with van der Waals surface area (Å²) >= 11 is 0. The summed E-state index contributed by atoms with van der Waals surface area (Å²) < 4.78 is 12.7. The molecule has 234 valence electrons. The zero-order valence-corrected chi connectivity index (χ0v) is 28.8. The number of hydrogen-bond acceptors (Lipinski definition) is 2. The van der Waals surface area contributed by atoms with Crippen molar-refractivity contribution in [3.63, 3.8) is 0 Å². The van der Waals surface area contributed by atoms with Crippen LogP contribution in [0.1, 0.15) is 151 Å². The van der Waals surface area contributed by atoms with Gasteiger partial charge in [-0.2, -0.15) is 0 Å². The van der Waals surface area contributed by atoms with E-state index < -0.39 is 0 Å². The van der Waals surface area contributed by atoms with E-state index in [2.05, 4.69) is 86.6 Å². The van der Waals surface area contributed by atoms with Gasteiger partial charge in [0, 0.05) is 0 Å². The van der Waals surface area contributed by atoms with Gasteiger partial charge in [0.2, 0.25) is 0 Å². The van der Waals surface area contributed by atoms with E-state index in [-0.39, 0.29) is 18.3 Å². The van der Waals surface area contributed by atoms with Crippen molar-refractivity contribution in [1.82, 2.24) is 0 Å². The van der Waals surface area contributed by atoms with Crippen molar-refractivity contribution < 1.29 is 9.31 Å². The molecule has 1 heterocycles. The molecule has 42 heavy (non-hydrogen) atoms. The molecule has 9 atom stereocenters. The Kier molecular flexibility index (Phi) is 8.34. The third-order valence-electron chi connectivity index (χ3n) is 14.8. The molecule has 4 aliphatic carbocycles. The maximum atomic E-state index is 6.33. The molecule has 5 aliphatic rings. The first-order valence-electron chi connectivity index (χ1n) is 18.2. The summed E-state index contributed by atoms with van der Waals surface area (Å²) in [7, 11) is -0.260. The van der Waals surface area contributed by atoms with Gasteiger partial charge in [0.15, 0.2) is 0 Å². The summed E-state index contributed by atoms with van der Waals surface area (Å²) in [5, 5.41) is 0. The van der Waals surface area contributed by atoms with Gasteiger partial charge >= 0.3 is 7.12 Å². The fraction of sp³-hybridized carbons (Fsp3) is 0.846. The van der Waals surface area contributed by atoms with E-state index in [4.69, 9.17) is 9.31 Å². The highest BCUT2D eigenvalue weighted by Gasteiger charge is 2.60. The number of benzene rings is 1. The van der Waals surface area contributed by atoms with Crippen LogP contribution in [0.25, 0.3) is 0 Å². The summed E-state index contributed by atoms with van der Waals surface area (Å²) in [5.74, 6) is 7.30. The van der Waals surface area contributed by atoms with Crippen molar-refractivity contribution in [2.45, 2.75) is 156 Å². The molecule has 2 nitrogen and oxygen atoms in total. The quantitative estimate of drug-likeness (QED) is 0.302. The molecule has 0 N–H and O–H groups in total. The molecular weight excluding hydrogens is 511 g/mol. The van der Waals surface area contributed by atoms with Crippen LogP contribution in [0.2, 0.25) is 0 Å². The Bertz CT molecular complexity index is 1080. The van der Waals surface area contributed by atoms with Crippen LogP contribution < -0.4 is 5.46 Å². The van der Waals surface area contributed by atoms with E-state index in [1.165, 1.54) is 77.0 Å². The lowest BCUT2D eigenvalue weighted by atomic mass is 9.43. The molecule has 0 aromatic heterocycles. The highest BCUT2D eigenvalue weighted by atomic mass is 16.7. The molecule has 3 heteroatoms. The average molecular weight is 575 g/mol. The fourth-order valence-electron chi connectivity index (χ4n) is 11.5. The van der Waals surface area contributed by atoms with Gasteiger partial charge in [0.05, 0.1) is 11.2 Å². The molecule has 1 saturated heterocycles. The Balaban J connectivity index is 1.09. The SMILES string of the molecule is CC(C)CCC[C@@H](C)[C@H]1CCC2[C@@H]3CCC4CC(c5ccc(B6OC(C)(C)C(C)(C)O6)cc5)CC[C@]4(C)C3CC[C@@]21C. The molecule has 1 aromatic carbocycles. The lowest BCUT2D eigenvalue weighted by Crippen LogP contribution is -2.53. The minimum atomic E-state index is -0.287. The predicted octanol–water partition coefficient (Wildman–Crippen LogP) is 10.2. The van der Waals surface area contributed by atoms with E-state index in [1.54, 1.807) is 5.56 Å². The third kappa shape index (κ3) is 5.27. The number of hydrogen-bond donors (Lipinski definition) is 0. The fourth-order valence-corrected chi connectivity index (χ4v) is 11.5. The zero-order valence-electron chi connectivity index (χ0n) is 28.8. The summed E-state index contributed by atoms with van der Waals surface area (Å²) in [5.41, 5.74) is 3.30. The van der Waals surface area contributed by atoms with Crippen molar-refractivity contribution in [2.75, 3.05) is 0 Å². The summed E-state index contributed by atoms with van der Waals surface area (Å²) in [6, 6.07) is 9.35. The Morgan fingerprint density at radius 2 is 1.38 bits per heavy atom. The van der Waals surface area contributed by atoms with Crippen LogP contribution in [0.4, 0.5) is 0 Å². The Morgan fingerprint density at radius 3 is 2.05 bits per heavy atom. The van der Waals surface area contributed by atoms with Crippen LogP contribution in [0.5, 0.6) is 0 Å². The molecule has 1 aliphatic heterocycles. The van der Waals surface area contributed by atoms with Crippen molar-refractivity contribution in [1.29, 1.82) is 0 Å². The maximum absolute atomic E-state index is 6.33. The predicted molar refractivity (Wildman–Crippen MR) is 178 cm³/mol. The summed E-state index contributed by atoms with van der Waals surface area (Å²) in [6.07, 6.45) is 17.5. The average Bonchev–Trinajstić information content (AvgIpc) is 3.39. The van der Waals surface area contributed by atoms with Crippen LogP contribution >= 0.6 is 0 Å². The van der Waals surface area contributed by atoms with Crippen LogP contribution in [-0.4, -0.2) is 18.3 Å². The second-order valence-electron chi connectivity index (χ2n) is 17.9. The molecule has 4 saturated carbocycles. The maximum Gasteiger partial charge on any atom is 0.494 e. The Hall–Kier alpha value is -0.795. The van der Waals surface area contributed by atoms with Gasteiger partial charge in [-0.3, -0.25) is 0 Å². The smallest absolute Gasteiger partial charge is 0.399 e. The topological polar surface area (TPSA) is 18.5 Å². The Morgan fingerprint density at radius 1 is 0.738 bits per heavy atom. The summed E-state index contributed by atoms with van der Waals surface area (Å²) in [4.78, 5) is 0. The highest BCUT2D eigenvalue weighted by Crippen LogP contribution is 2.69. The second kappa shape index (κ2) is 11.2. The van der Waals surface area contributed by atoms with E-state index in [0.717, 1.165) is 46.9 Å². The van der Waals surface area contributed by atoms with Crippen molar-refractivity contribution >= 4 is 12.6 Å². The minimum Gasteiger partial charge on any atom is -0.399 e. The second-order valence-corrected chi connectivity index (χ2v) is 17.9. The first kappa shape index (κ1) is 31.2. The summed E-state index contributed by atoms with van der Waals surface area (Å²) in [6.45, 7) is 21.5. The zero-order chi connectivity index (χ0) is 30.1. The van der Waals surface area contributed by atoms with Gasteiger partial charge in [-0.25, -0.2) is 0 Å². The molecule has 0 amide bonds. The lowest BCUT2D eigenvalue weighted by Gasteiger charge is -2.61. The van der Waals surface area contributed by atoms with Crippen molar-refractivity contribution in [3.8, 4) is 0 Å². The Labute approximate surface area is 260 Å². The van der Waals surface area contributed by atoms with Gasteiger partial charge in [0.1, 0.15) is 0 Å². The molecule has 0 radical (unpaired) electrons. The van der Waals surface area contributed by atoms with Gasteiger partial charge in [-0.15, -0.1) is 0 Å². The monoisotopic (exact) mass is 574 g/mol. The largest absolute Gasteiger partial charge is 0.494 e. The molecule has 0 bridgehead atoms. The van der Waals surface area contributed by atoms with Crippen LogP contribution in [0.3, 0.4) is 0 Å². The number of fused-ring (bicyclic) bond motifs is 5. The molecule has 4 unspecified atom stereocenters. The minimum absolute atomic E-state index is 0.260. The van der Waals surface area contributed by atoms with Crippen LogP contribution in [-0.2, 0) is 9.31 Å². The van der Waals surface area contributed by atoms with Crippen molar-refractivity contribution in [3.05, 3.63) is 29.8 Å². The molecule has 1 aromatic rings. The number of rotatable bonds is 7. The third-order valence-corrected chi connectivity index (χ3v) is 14.8. The standard InChI is InChI=1S/C39H63BO2/c1-26(2)11-10-12-27(3)33-19-20-34-32-18-15-30-25-29(21-23-38(30,8)35(32)22-24-39(33,34)9)28-13-16-31(17-14-28)40-41-36(4,5)37(6,7)42-40/h13-14,16-17,26-27,29-30,32-35H,10-12,15,18-25H2,1-9H3/t27-,29?,30?,32+,33-,34?,35?,38+,39-/m1/s1. The normalized spacial score (nSPS) is 41.3. The highest BCUT2D eigenvalue weighted by molar-refractivity contribution is 6.62. The molecule has 0 spiro atoms. The van der Waals surface area contributed by atoms with Gasteiger partial charge < -0.3 is 9.31 Å². The van der Waals surface area contributed by atoms with E-state index in [0.29, 0.717) is 16.7 Å². The lowest BCUT2D eigenvalue weighted by molar-refractivity contribution is -0.117. The van der Waals surface area contributed by atoms with Gasteiger partial charge in [-0.1, -0.05) is 78.1 Å². The van der Waals surface area contributed by atoms with Crippen LogP contribution in [0.15, 0.2) is 24.3 Å². The first-order chi connectivity index (χ1) is 19.7. The first-order valence-corrected chi connectivity index (χ1v) is 18.2. The molecule has 5 fully saturated rings. The van der Waals surface area contributed by atoms with E-state index >= 15 is 0 Å². The van der Waals surface area contributed by atoms with Crippen LogP contribution in [0, 0.1) is 52.3 Å². The van der Waals surface area contributed by atoms with Crippen molar-refractivity contribution in [2.24, 2.45) is 52.3 Å². The van der Waals surface area contributed by atoms with E-state index in [1.807, 2.05) is 0 Å². The van der Waals surface area contributed by atoms with E-state index in [9.17, 15) is 0 Å². The molecular formula is C39H63BO2. The van der Waals surface area contributed by atoms with Gasteiger partial charge in [0.25, 0.3) is 0 Å². The molecule has 6 rings (SSSR count).